The number of hydrogen-bond acceptors (Lipinski definition) is 2. The SMILES string of the molecule is CCCCCC[C@@H](c1nc(-c2ccccc2)cn1Cc1ccccc1)N(Cc1ccccc1)Cc1ccccc1. The third kappa shape index (κ3) is 7.58. The molecule has 204 valence electrons. The molecule has 0 amide bonds. The Balaban J connectivity index is 1.57. The molecular weight excluding hydrogens is 486 g/mol. The maximum absolute atomic E-state index is 5.40. The van der Waals surface area contributed by atoms with Gasteiger partial charge in [-0.25, -0.2) is 4.98 Å². The summed E-state index contributed by atoms with van der Waals surface area (Å²) in [4.78, 5) is 8.05. The third-order valence-electron chi connectivity index (χ3n) is 7.60. The van der Waals surface area contributed by atoms with Crippen LogP contribution in [0.15, 0.2) is 128 Å². The lowest BCUT2D eigenvalue weighted by molar-refractivity contribution is 0.155. The van der Waals surface area contributed by atoms with Crippen LogP contribution in [0.4, 0.5) is 0 Å². The molecule has 0 fully saturated rings. The predicted molar refractivity (Wildman–Crippen MR) is 167 cm³/mol. The first-order valence-corrected chi connectivity index (χ1v) is 14.8. The van der Waals surface area contributed by atoms with Gasteiger partial charge in [-0.1, -0.05) is 154 Å². The van der Waals surface area contributed by atoms with Crippen molar-refractivity contribution in [2.24, 2.45) is 0 Å². The molecule has 3 nitrogen and oxygen atoms in total. The van der Waals surface area contributed by atoms with Crippen LogP contribution in [0.5, 0.6) is 0 Å². The smallest absolute Gasteiger partial charge is 0.127 e. The summed E-state index contributed by atoms with van der Waals surface area (Å²) in [6.07, 6.45) is 8.31. The van der Waals surface area contributed by atoms with Crippen molar-refractivity contribution in [3.63, 3.8) is 0 Å². The number of hydrogen-bond donors (Lipinski definition) is 0. The molecule has 5 aromatic rings. The zero-order chi connectivity index (χ0) is 27.4. The number of rotatable bonds is 14. The summed E-state index contributed by atoms with van der Waals surface area (Å²) >= 11 is 0. The van der Waals surface area contributed by atoms with Gasteiger partial charge in [0.2, 0.25) is 0 Å². The molecule has 0 radical (unpaired) electrons. The second-order valence-corrected chi connectivity index (χ2v) is 10.7. The van der Waals surface area contributed by atoms with Crippen molar-refractivity contribution in [1.82, 2.24) is 14.5 Å². The highest BCUT2D eigenvalue weighted by Crippen LogP contribution is 2.32. The van der Waals surface area contributed by atoms with E-state index in [-0.39, 0.29) is 6.04 Å². The van der Waals surface area contributed by atoms with Crippen molar-refractivity contribution in [3.05, 3.63) is 150 Å². The van der Waals surface area contributed by atoms with Crippen molar-refractivity contribution in [3.8, 4) is 11.3 Å². The first-order valence-electron chi connectivity index (χ1n) is 14.8. The second kappa shape index (κ2) is 14.4. The predicted octanol–water partition coefficient (Wildman–Crippen LogP) is 9.31. The molecule has 0 bridgehead atoms. The fourth-order valence-corrected chi connectivity index (χ4v) is 5.50. The number of benzene rings is 4. The Bertz CT molecular complexity index is 1350. The van der Waals surface area contributed by atoms with Crippen LogP contribution in [0.3, 0.4) is 0 Å². The van der Waals surface area contributed by atoms with Gasteiger partial charge >= 0.3 is 0 Å². The molecule has 0 saturated heterocycles. The lowest BCUT2D eigenvalue weighted by Crippen LogP contribution is -2.30. The van der Waals surface area contributed by atoms with Gasteiger partial charge in [0.1, 0.15) is 5.82 Å². The summed E-state index contributed by atoms with van der Waals surface area (Å²) in [5.41, 5.74) is 6.17. The van der Waals surface area contributed by atoms with E-state index >= 15 is 0 Å². The summed E-state index contributed by atoms with van der Waals surface area (Å²) in [5, 5.41) is 0. The van der Waals surface area contributed by atoms with Gasteiger partial charge in [-0.3, -0.25) is 4.90 Å². The maximum atomic E-state index is 5.40. The number of unbranched alkanes of at least 4 members (excludes halogenated alkanes) is 3. The molecule has 1 atom stereocenters. The van der Waals surface area contributed by atoms with E-state index in [0.717, 1.165) is 43.1 Å². The van der Waals surface area contributed by atoms with Gasteiger partial charge in [0, 0.05) is 31.4 Å². The monoisotopic (exact) mass is 527 g/mol. The Labute approximate surface area is 240 Å². The lowest BCUT2D eigenvalue weighted by atomic mass is 10.0. The number of nitrogens with zero attached hydrogens (tertiary/aromatic N) is 3. The highest BCUT2D eigenvalue weighted by atomic mass is 15.2. The highest BCUT2D eigenvalue weighted by Gasteiger charge is 2.26. The van der Waals surface area contributed by atoms with Gasteiger partial charge in [0.05, 0.1) is 11.7 Å². The Morgan fingerprint density at radius 1 is 0.625 bits per heavy atom. The van der Waals surface area contributed by atoms with E-state index in [1.165, 1.54) is 42.4 Å². The maximum Gasteiger partial charge on any atom is 0.127 e. The van der Waals surface area contributed by atoms with Crippen molar-refractivity contribution in [2.45, 2.75) is 64.7 Å². The van der Waals surface area contributed by atoms with Gasteiger partial charge in [-0.05, 0) is 23.1 Å². The molecule has 0 unspecified atom stereocenters. The van der Waals surface area contributed by atoms with E-state index in [4.69, 9.17) is 4.98 Å². The minimum Gasteiger partial charge on any atom is -0.329 e. The van der Waals surface area contributed by atoms with Crippen LogP contribution < -0.4 is 0 Å². The van der Waals surface area contributed by atoms with Crippen molar-refractivity contribution in [1.29, 1.82) is 0 Å². The van der Waals surface area contributed by atoms with E-state index in [1.54, 1.807) is 0 Å². The summed E-state index contributed by atoms with van der Waals surface area (Å²) in [6, 6.07) is 43.4. The zero-order valence-corrected chi connectivity index (χ0v) is 23.7. The summed E-state index contributed by atoms with van der Waals surface area (Å²) in [7, 11) is 0. The van der Waals surface area contributed by atoms with Crippen LogP contribution in [-0.2, 0) is 19.6 Å². The first-order chi connectivity index (χ1) is 19.8. The Hall–Kier alpha value is -3.95. The van der Waals surface area contributed by atoms with Gasteiger partial charge in [0.15, 0.2) is 0 Å². The van der Waals surface area contributed by atoms with Crippen molar-refractivity contribution in [2.75, 3.05) is 0 Å². The Kier molecular flexibility index (Phi) is 9.97. The average molecular weight is 528 g/mol. The molecule has 4 aromatic carbocycles. The quantitative estimate of drug-likeness (QED) is 0.134. The fraction of sp³-hybridized carbons (Fsp3) is 0.270. The van der Waals surface area contributed by atoms with Crippen LogP contribution in [0.25, 0.3) is 11.3 Å². The van der Waals surface area contributed by atoms with Crippen LogP contribution in [0.2, 0.25) is 0 Å². The minimum absolute atomic E-state index is 0.193. The fourth-order valence-electron chi connectivity index (χ4n) is 5.50. The minimum atomic E-state index is 0.193. The van der Waals surface area contributed by atoms with E-state index in [2.05, 4.69) is 144 Å². The second-order valence-electron chi connectivity index (χ2n) is 10.7. The Morgan fingerprint density at radius 2 is 1.15 bits per heavy atom. The van der Waals surface area contributed by atoms with Crippen LogP contribution in [0, 0.1) is 0 Å². The van der Waals surface area contributed by atoms with Gasteiger partial charge in [-0.15, -0.1) is 0 Å². The van der Waals surface area contributed by atoms with Gasteiger partial charge < -0.3 is 4.57 Å². The van der Waals surface area contributed by atoms with Crippen LogP contribution in [-0.4, -0.2) is 14.5 Å². The van der Waals surface area contributed by atoms with E-state index in [0.29, 0.717) is 0 Å². The zero-order valence-electron chi connectivity index (χ0n) is 23.7. The molecule has 0 saturated carbocycles. The molecule has 40 heavy (non-hydrogen) atoms. The molecule has 1 heterocycles. The molecule has 5 rings (SSSR count). The molecule has 0 spiro atoms. The van der Waals surface area contributed by atoms with Crippen LogP contribution in [0.1, 0.15) is 67.6 Å². The first kappa shape index (κ1) is 27.6. The normalized spacial score (nSPS) is 12.1. The molecule has 0 aliphatic heterocycles. The summed E-state index contributed by atoms with van der Waals surface area (Å²) in [5.74, 6) is 1.16. The summed E-state index contributed by atoms with van der Waals surface area (Å²) < 4.78 is 2.41. The van der Waals surface area contributed by atoms with Crippen LogP contribution >= 0.6 is 0 Å². The average Bonchev–Trinajstić information content (AvgIpc) is 3.42. The highest BCUT2D eigenvalue weighted by molar-refractivity contribution is 5.58. The molecule has 1 aromatic heterocycles. The molecule has 0 aliphatic carbocycles. The van der Waals surface area contributed by atoms with E-state index in [1.807, 2.05) is 0 Å². The Morgan fingerprint density at radius 3 is 1.70 bits per heavy atom. The van der Waals surface area contributed by atoms with E-state index in [9.17, 15) is 0 Å². The summed E-state index contributed by atoms with van der Waals surface area (Å²) in [6.45, 7) is 4.86. The molecule has 0 aliphatic rings. The van der Waals surface area contributed by atoms with Crippen molar-refractivity contribution < 1.29 is 0 Å². The van der Waals surface area contributed by atoms with Crippen molar-refractivity contribution >= 4 is 0 Å². The topological polar surface area (TPSA) is 21.1 Å². The third-order valence-corrected chi connectivity index (χ3v) is 7.60. The molecular formula is C37H41N3. The van der Waals surface area contributed by atoms with Gasteiger partial charge in [-0.2, -0.15) is 0 Å². The molecule has 3 heteroatoms. The lowest BCUT2D eigenvalue weighted by Gasteiger charge is -2.32. The van der Waals surface area contributed by atoms with Gasteiger partial charge in [0.25, 0.3) is 0 Å². The standard InChI is InChI=1S/C37H41N3/c1-2-3-4-17-26-36(39(27-31-18-9-5-10-19-31)28-32-20-11-6-12-21-32)37-38-35(34-24-15-8-16-25-34)30-40(37)29-33-22-13-7-14-23-33/h5-16,18-25,30,36H,2-4,17,26-29H2,1H3/t36-/m0/s1. The molecule has 0 N–H and O–H groups in total. The largest absolute Gasteiger partial charge is 0.329 e. The number of imidazole rings is 1. The van der Waals surface area contributed by atoms with E-state index < -0.39 is 0 Å². The number of aromatic nitrogens is 2.